The lowest BCUT2D eigenvalue weighted by Gasteiger charge is -2.38. The van der Waals surface area contributed by atoms with Crippen LogP contribution in [0.5, 0.6) is 11.5 Å². The summed E-state index contributed by atoms with van der Waals surface area (Å²) in [4.78, 5) is 25.7. The number of hydrogen-bond acceptors (Lipinski definition) is 6. The van der Waals surface area contributed by atoms with Gasteiger partial charge in [0.25, 0.3) is 11.8 Å². The lowest BCUT2D eigenvalue weighted by Crippen LogP contribution is -2.50. The van der Waals surface area contributed by atoms with Crippen LogP contribution in [0.4, 0.5) is 0 Å². The van der Waals surface area contributed by atoms with E-state index >= 15 is 0 Å². The van der Waals surface area contributed by atoms with Crippen LogP contribution in [-0.2, 0) is 15.1 Å². The van der Waals surface area contributed by atoms with Gasteiger partial charge < -0.3 is 14.8 Å². The topological polar surface area (TPSA) is 92.6 Å². The fourth-order valence-electron chi connectivity index (χ4n) is 4.05. The molecule has 0 aromatic heterocycles. The van der Waals surface area contributed by atoms with E-state index in [0.717, 1.165) is 40.3 Å². The van der Waals surface area contributed by atoms with Crippen molar-refractivity contribution in [1.82, 2.24) is 10.3 Å². The summed E-state index contributed by atoms with van der Waals surface area (Å²) < 4.78 is 11.0. The van der Waals surface area contributed by atoms with Gasteiger partial charge >= 0.3 is 0 Å². The highest BCUT2D eigenvalue weighted by molar-refractivity contribution is 6.06. The first-order valence-corrected chi connectivity index (χ1v) is 11.1. The maximum Gasteiger partial charge on any atom is 0.272 e. The number of carbonyl (C=O) groups excluding carboxylic acids is 2. The van der Waals surface area contributed by atoms with Crippen LogP contribution in [0.3, 0.4) is 0 Å². The molecule has 4 rings (SSSR count). The molecule has 2 aromatic carbocycles. The zero-order valence-corrected chi connectivity index (χ0v) is 19.1. The van der Waals surface area contributed by atoms with E-state index in [1.807, 2.05) is 55.5 Å². The Morgan fingerprint density at radius 3 is 2.36 bits per heavy atom. The summed E-state index contributed by atoms with van der Waals surface area (Å²) in [6.07, 6.45) is 2.54. The van der Waals surface area contributed by atoms with Crippen molar-refractivity contribution in [3.63, 3.8) is 0 Å². The second-order valence-corrected chi connectivity index (χ2v) is 8.34. The van der Waals surface area contributed by atoms with Crippen molar-refractivity contribution < 1.29 is 19.1 Å². The van der Waals surface area contributed by atoms with Gasteiger partial charge in [-0.2, -0.15) is 10.1 Å². The third kappa shape index (κ3) is 4.60. The van der Waals surface area contributed by atoms with E-state index < -0.39 is 5.54 Å². The number of methoxy groups -OCH3 is 1. The number of amides is 2. The molecule has 0 aliphatic carbocycles. The minimum atomic E-state index is -0.683. The van der Waals surface area contributed by atoms with E-state index in [0.29, 0.717) is 18.8 Å². The van der Waals surface area contributed by atoms with Crippen molar-refractivity contribution in [3.8, 4) is 11.5 Å². The van der Waals surface area contributed by atoms with Crippen LogP contribution < -0.4 is 14.8 Å². The maximum atomic E-state index is 13.4. The largest absolute Gasteiger partial charge is 0.497 e. The maximum absolute atomic E-state index is 13.4. The predicted octanol–water partition coefficient (Wildman–Crippen LogP) is 4.23. The average Bonchev–Trinajstić information content (AvgIpc) is 3.24. The van der Waals surface area contributed by atoms with Gasteiger partial charge in [0, 0.05) is 6.42 Å². The molecule has 2 heterocycles. The normalized spacial score (nSPS) is 20.3. The fourth-order valence-corrected chi connectivity index (χ4v) is 4.05. The Labute approximate surface area is 193 Å². The molecule has 0 saturated heterocycles. The number of carbonyl (C=O) groups is 2. The Bertz CT molecular complexity index is 1090. The zero-order valence-electron chi connectivity index (χ0n) is 19.1. The molecule has 0 bridgehead atoms. The fraction of sp³-hybridized carbons (Fsp3) is 0.360. The van der Waals surface area contributed by atoms with Gasteiger partial charge in [-0.05, 0) is 54.3 Å². The Morgan fingerprint density at radius 2 is 1.76 bits per heavy atom. The van der Waals surface area contributed by atoms with Crippen molar-refractivity contribution in [1.29, 1.82) is 0 Å². The summed E-state index contributed by atoms with van der Waals surface area (Å²) >= 11 is 0. The number of nitrogens with one attached hydrogen (secondary N) is 1. The van der Waals surface area contributed by atoms with Gasteiger partial charge in [0.1, 0.15) is 23.7 Å². The number of ether oxygens (including phenoxy) is 2. The quantitative estimate of drug-likeness (QED) is 0.612. The first kappa shape index (κ1) is 22.5. The monoisotopic (exact) mass is 448 g/mol. The molecule has 2 amide bonds. The molecule has 0 saturated carbocycles. The summed E-state index contributed by atoms with van der Waals surface area (Å²) in [6.45, 7) is 4.71. The minimum Gasteiger partial charge on any atom is -0.497 e. The Hall–Kier alpha value is -3.68. The first-order chi connectivity index (χ1) is 15.9. The summed E-state index contributed by atoms with van der Waals surface area (Å²) in [5.74, 6) is 0.808. The molecule has 1 N–H and O–H groups in total. The van der Waals surface area contributed by atoms with Gasteiger partial charge in [0.15, 0.2) is 0 Å². The van der Waals surface area contributed by atoms with Crippen LogP contribution in [0.25, 0.3) is 5.57 Å². The Kier molecular flexibility index (Phi) is 6.44. The molecule has 0 fully saturated rings. The van der Waals surface area contributed by atoms with Gasteiger partial charge in [-0.15, -0.1) is 0 Å². The van der Waals surface area contributed by atoms with Crippen LogP contribution in [-0.4, -0.2) is 37.1 Å². The summed E-state index contributed by atoms with van der Waals surface area (Å²) in [6, 6.07) is 15.2. The molecule has 0 radical (unpaired) electrons. The molecular weight excluding hydrogens is 420 g/mol. The molecule has 2 aliphatic heterocycles. The second kappa shape index (κ2) is 9.44. The van der Waals surface area contributed by atoms with E-state index in [1.54, 1.807) is 7.11 Å². The lowest BCUT2D eigenvalue weighted by molar-refractivity contribution is -0.130. The number of nitrogens with zero attached hydrogens (tertiary/aromatic N) is 3. The number of benzene rings is 2. The summed E-state index contributed by atoms with van der Waals surface area (Å²) in [5.41, 5.74) is 2.02. The van der Waals surface area contributed by atoms with Gasteiger partial charge in [0.05, 0.1) is 19.3 Å². The average molecular weight is 449 g/mol. The molecule has 0 spiro atoms. The highest BCUT2D eigenvalue weighted by Crippen LogP contribution is 2.40. The highest BCUT2D eigenvalue weighted by Gasteiger charge is 2.41. The highest BCUT2D eigenvalue weighted by atomic mass is 16.5. The molecular formula is C25H28N4O4. The van der Waals surface area contributed by atoms with E-state index in [4.69, 9.17) is 9.47 Å². The van der Waals surface area contributed by atoms with Crippen LogP contribution in [0.15, 0.2) is 64.6 Å². The van der Waals surface area contributed by atoms with Crippen molar-refractivity contribution in [2.75, 3.05) is 20.3 Å². The standard InChI is InChI=1S/C25H28N4O4/c1-4-5-14-33-20-12-8-18(9-13-20)25(2)15-21(17-6-10-19(32-3)11-7-17)23(24(31)27-25)29-22(30)16-26-28-29/h6-13H,4-5,14-16H2,1-3H3,(H,27,31). The van der Waals surface area contributed by atoms with Crippen LogP contribution in [0.2, 0.25) is 0 Å². The third-order valence-electron chi connectivity index (χ3n) is 5.92. The first-order valence-electron chi connectivity index (χ1n) is 11.1. The van der Waals surface area contributed by atoms with Crippen molar-refractivity contribution >= 4 is 17.4 Å². The molecule has 8 nitrogen and oxygen atoms in total. The minimum absolute atomic E-state index is 0.0660. The number of rotatable bonds is 8. The van der Waals surface area contributed by atoms with E-state index in [-0.39, 0.29) is 24.1 Å². The Morgan fingerprint density at radius 1 is 1.06 bits per heavy atom. The molecule has 1 atom stereocenters. The van der Waals surface area contributed by atoms with Crippen molar-refractivity contribution in [2.45, 2.75) is 38.6 Å². The molecule has 1 unspecified atom stereocenters. The molecule has 8 heteroatoms. The van der Waals surface area contributed by atoms with Gasteiger partial charge in [-0.3, -0.25) is 9.59 Å². The zero-order chi connectivity index (χ0) is 23.4. The molecule has 2 aliphatic rings. The van der Waals surface area contributed by atoms with E-state index in [2.05, 4.69) is 22.6 Å². The van der Waals surface area contributed by atoms with E-state index in [9.17, 15) is 9.59 Å². The van der Waals surface area contributed by atoms with Crippen LogP contribution in [0.1, 0.15) is 44.2 Å². The SMILES string of the molecule is CCCCOc1ccc(C2(C)CC(c3ccc(OC)cc3)=C(N3N=NCC3=O)C(=O)N2)cc1. The summed E-state index contributed by atoms with van der Waals surface area (Å²) in [5, 5.41) is 11.9. The number of hydrogen-bond donors (Lipinski definition) is 1. The van der Waals surface area contributed by atoms with Gasteiger partial charge in [-0.1, -0.05) is 42.8 Å². The van der Waals surface area contributed by atoms with Crippen molar-refractivity contribution in [3.05, 3.63) is 65.4 Å². The van der Waals surface area contributed by atoms with Gasteiger partial charge in [0.2, 0.25) is 0 Å². The molecule has 172 valence electrons. The molecule has 33 heavy (non-hydrogen) atoms. The van der Waals surface area contributed by atoms with Crippen LogP contribution >= 0.6 is 0 Å². The van der Waals surface area contributed by atoms with Crippen LogP contribution in [0, 0.1) is 0 Å². The lowest BCUT2D eigenvalue weighted by atomic mass is 9.79. The molecule has 2 aromatic rings. The smallest absolute Gasteiger partial charge is 0.272 e. The van der Waals surface area contributed by atoms with Crippen molar-refractivity contribution in [2.24, 2.45) is 10.3 Å². The second-order valence-electron chi connectivity index (χ2n) is 8.34. The number of unbranched alkanes of at least 4 members (excludes halogenated alkanes) is 1. The Balaban J connectivity index is 1.70. The van der Waals surface area contributed by atoms with Gasteiger partial charge in [-0.25, -0.2) is 0 Å². The third-order valence-corrected chi connectivity index (χ3v) is 5.92. The van der Waals surface area contributed by atoms with E-state index in [1.165, 1.54) is 0 Å². The summed E-state index contributed by atoms with van der Waals surface area (Å²) in [7, 11) is 1.60. The predicted molar refractivity (Wildman–Crippen MR) is 123 cm³/mol.